The zero-order valence-corrected chi connectivity index (χ0v) is 7.32. The molecular formula is C10H12FN. The molecule has 1 nitrogen and oxygen atoms in total. The van der Waals surface area contributed by atoms with Gasteiger partial charge in [0.15, 0.2) is 0 Å². The molecule has 0 fully saturated rings. The Kier molecular flexibility index (Phi) is 2.48. The predicted octanol–water partition coefficient (Wildman–Crippen LogP) is 2.90. The molecule has 1 rings (SSSR count). The number of hydrogen-bond donors (Lipinski definition) is 1. The molecule has 2 heteroatoms. The van der Waals surface area contributed by atoms with Crippen LogP contribution in [0.1, 0.15) is 12.5 Å². The van der Waals surface area contributed by atoms with Crippen LogP contribution in [0.3, 0.4) is 0 Å². The van der Waals surface area contributed by atoms with Crippen LogP contribution in [0.4, 0.5) is 10.1 Å². The molecule has 0 saturated carbocycles. The van der Waals surface area contributed by atoms with Crippen molar-refractivity contribution >= 4 is 11.3 Å². The summed E-state index contributed by atoms with van der Waals surface area (Å²) in [5.74, 6) is -0.232. The minimum Gasteiger partial charge on any atom is -0.388 e. The molecule has 0 radical (unpaired) electrons. The van der Waals surface area contributed by atoms with Crippen LogP contribution in [0.5, 0.6) is 0 Å². The number of allylic oxidation sites excluding steroid dienone is 1. The lowest BCUT2D eigenvalue weighted by atomic mass is 10.1. The molecule has 1 aromatic carbocycles. The second-order valence-electron chi connectivity index (χ2n) is 2.72. The van der Waals surface area contributed by atoms with Gasteiger partial charge in [-0.05, 0) is 30.7 Å². The zero-order chi connectivity index (χ0) is 9.14. The fourth-order valence-corrected chi connectivity index (χ4v) is 1.10. The first-order chi connectivity index (χ1) is 5.65. The molecule has 0 atom stereocenters. The van der Waals surface area contributed by atoms with Crippen LogP contribution in [0, 0.1) is 5.82 Å². The molecule has 0 saturated heterocycles. The average molecular weight is 165 g/mol. The lowest BCUT2D eigenvalue weighted by Gasteiger charge is -2.07. The molecule has 12 heavy (non-hydrogen) atoms. The van der Waals surface area contributed by atoms with Gasteiger partial charge in [-0.3, -0.25) is 0 Å². The maximum absolute atomic E-state index is 12.7. The average Bonchev–Trinajstić information content (AvgIpc) is 2.03. The topological polar surface area (TPSA) is 12.0 Å². The molecular weight excluding hydrogens is 153 g/mol. The van der Waals surface area contributed by atoms with Crippen molar-refractivity contribution in [3.8, 4) is 0 Å². The third-order valence-electron chi connectivity index (χ3n) is 1.71. The molecule has 64 valence electrons. The monoisotopic (exact) mass is 165 g/mol. The SMILES string of the molecule is C=C(C)c1ccc(F)cc1NC. The van der Waals surface area contributed by atoms with Crippen LogP contribution in [0.25, 0.3) is 5.57 Å². The highest BCUT2D eigenvalue weighted by molar-refractivity contribution is 5.73. The number of hydrogen-bond acceptors (Lipinski definition) is 1. The van der Waals surface area contributed by atoms with E-state index in [9.17, 15) is 4.39 Å². The Bertz CT molecular complexity index is 305. The second-order valence-corrected chi connectivity index (χ2v) is 2.72. The van der Waals surface area contributed by atoms with Gasteiger partial charge in [-0.1, -0.05) is 6.58 Å². The second kappa shape index (κ2) is 3.39. The summed E-state index contributed by atoms with van der Waals surface area (Å²) in [6.07, 6.45) is 0. The molecule has 0 aromatic heterocycles. The summed E-state index contributed by atoms with van der Waals surface area (Å²) in [6, 6.07) is 4.62. The molecule has 0 heterocycles. The summed E-state index contributed by atoms with van der Waals surface area (Å²) in [5, 5.41) is 2.92. The van der Waals surface area contributed by atoms with Crippen LogP contribution in [0.15, 0.2) is 24.8 Å². The van der Waals surface area contributed by atoms with E-state index in [4.69, 9.17) is 0 Å². The van der Waals surface area contributed by atoms with Gasteiger partial charge in [-0.2, -0.15) is 0 Å². The van der Waals surface area contributed by atoms with Gasteiger partial charge >= 0.3 is 0 Å². The van der Waals surface area contributed by atoms with E-state index in [1.165, 1.54) is 12.1 Å². The van der Waals surface area contributed by atoms with E-state index >= 15 is 0 Å². The van der Waals surface area contributed by atoms with Crippen LogP contribution < -0.4 is 5.32 Å². The van der Waals surface area contributed by atoms with E-state index in [2.05, 4.69) is 11.9 Å². The number of benzene rings is 1. The largest absolute Gasteiger partial charge is 0.388 e. The highest BCUT2D eigenvalue weighted by Gasteiger charge is 2.01. The molecule has 0 unspecified atom stereocenters. The predicted molar refractivity (Wildman–Crippen MR) is 50.7 cm³/mol. The number of nitrogens with one attached hydrogen (secondary N) is 1. The highest BCUT2D eigenvalue weighted by atomic mass is 19.1. The molecule has 0 aliphatic carbocycles. The lowest BCUT2D eigenvalue weighted by Crippen LogP contribution is -1.94. The Labute approximate surface area is 71.9 Å². The summed E-state index contributed by atoms with van der Waals surface area (Å²) in [4.78, 5) is 0. The molecule has 0 aliphatic rings. The molecule has 0 aliphatic heterocycles. The first-order valence-corrected chi connectivity index (χ1v) is 3.78. The third kappa shape index (κ3) is 1.64. The van der Waals surface area contributed by atoms with E-state index in [0.29, 0.717) is 0 Å². The van der Waals surface area contributed by atoms with Crippen molar-refractivity contribution in [2.45, 2.75) is 6.92 Å². The fourth-order valence-electron chi connectivity index (χ4n) is 1.10. The van der Waals surface area contributed by atoms with Crippen LogP contribution in [-0.4, -0.2) is 7.05 Å². The Hall–Kier alpha value is -1.31. The minimum atomic E-state index is -0.232. The van der Waals surface area contributed by atoms with E-state index in [-0.39, 0.29) is 5.82 Å². The minimum absolute atomic E-state index is 0.232. The summed E-state index contributed by atoms with van der Waals surface area (Å²) < 4.78 is 12.7. The van der Waals surface area contributed by atoms with E-state index in [1.807, 2.05) is 6.92 Å². The van der Waals surface area contributed by atoms with Crippen molar-refractivity contribution in [2.24, 2.45) is 0 Å². The summed E-state index contributed by atoms with van der Waals surface area (Å²) in [7, 11) is 1.77. The molecule has 0 amide bonds. The molecule has 0 bridgehead atoms. The first kappa shape index (κ1) is 8.78. The van der Waals surface area contributed by atoms with Gasteiger partial charge in [-0.25, -0.2) is 4.39 Å². The molecule has 0 spiro atoms. The number of anilines is 1. The van der Waals surface area contributed by atoms with E-state index in [0.717, 1.165) is 16.8 Å². The van der Waals surface area contributed by atoms with Crippen LogP contribution in [-0.2, 0) is 0 Å². The van der Waals surface area contributed by atoms with Crippen molar-refractivity contribution in [2.75, 3.05) is 12.4 Å². The Morgan fingerprint density at radius 3 is 2.67 bits per heavy atom. The third-order valence-corrected chi connectivity index (χ3v) is 1.71. The first-order valence-electron chi connectivity index (χ1n) is 3.78. The maximum atomic E-state index is 12.7. The van der Waals surface area contributed by atoms with E-state index < -0.39 is 0 Å². The summed E-state index contributed by atoms with van der Waals surface area (Å²) >= 11 is 0. The van der Waals surface area contributed by atoms with Gasteiger partial charge in [0, 0.05) is 18.3 Å². The molecule has 1 N–H and O–H groups in total. The maximum Gasteiger partial charge on any atom is 0.125 e. The lowest BCUT2D eigenvalue weighted by molar-refractivity contribution is 0.628. The van der Waals surface area contributed by atoms with Crippen molar-refractivity contribution in [1.29, 1.82) is 0 Å². The normalized spacial score (nSPS) is 9.58. The summed E-state index contributed by atoms with van der Waals surface area (Å²) in [6.45, 7) is 5.70. The van der Waals surface area contributed by atoms with Crippen molar-refractivity contribution in [3.63, 3.8) is 0 Å². The van der Waals surface area contributed by atoms with Crippen LogP contribution in [0.2, 0.25) is 0 Å². The van der Waals surface area contributed by atoms with Gasteiger partial charge < -0.3 is 5.32 Å². The van der Waals surface area contributed by atoms with Crippen molar-refractivity contribution in [3.05, 3.63) is 36.2 Å². The quantitative estimate of drug-likeness (QED) is 0.710. The van der Waals surface area contributed by atoms with E-state index in [1.54, 1.807) is 13.1 Å². The number of halogens is 1. The number of rotatable bonds is 2. The fraction of sp³-hybridized carbons (Fsp3) is 0.200. The van der Waals surface area contributed by atoms with Gasteiger partial charge in [0.2, 0.25) is 0 Å². The van der Waals surface area contributed by atoms with Gasteiger partial charge in [-0.15, -0.1) is 0 Å². The standard InChI is InChI=1S/C10H12FN/c1-7(2)9-5-4-8(11)6-10(9)12-3/h4-6,12H,1H2,2-3H3. The Morgan fingerprint density at radius 2 is 2.17 bits per heavy atom. The van der Waals surface area contributed by atoms with Gasteiger partial charge in [0.05, 0.1) is 0 Å². The summed E-state index contributed by atoms with van der Waals surface area (Å²) in [5.41, 5.74) is 2.67. The Morgan fingerprint density at radius 1 is 1.50 bits per heavy atom. The van der Waals surface area contributed by atoms with Gasteiger partial charge in [0.1, 0.15) is 5.82 Å². The smallest absolute Gasteiger partial charge is 0.125 e. The zero-order valence-electron chi connectivity index (χ0n) is 7.32. The van der Waals surface area contributed by atoms with Crippen LogP contribution >= 0.6 is 0 Å². The Balaban J connectivity index is 3.20. The van der Waals surface area contributed by atoms with Crippen molar-refractivity contribution in [1.82, 2.24) is 0 Å². The highest BCUT2D eigenvalue weighted by Crippen LogP contribution is 2.22. The molecule has 1 aromatic rings. The van der Waals surface area contributed by atoms with Crippen molar-refractivity contribution < 1.29 is 4.39 Å². The van der Waals surface area contributed by atoms with Gasteiger partial charge in [0.25, 0.3) is 0 Å².